The zero-order valence-corrected chi connectivity index (χ0v) is 10.6. The Morgan fingerprint density at radius 1 is 1.57 bits per heavy atom. The number of aryl methyl sites for hydroxylation is 1. The van der Waals surface area contributed by atoms with Gasteiger partial charge in [0.25, 0.3) is 0 Å². The fraction of sp³-hybridized carbons (Fsp3) is 0.600. The average Bonchev–Trinajstić information content (AvgIpc) is 2.43. The zero-order valence-electron chi connectivity index (χ0n) is 8.96. The molecule has 0 saturated carbocycles. The van der Waals surface area contributed by atoms with Gasteiger partial charge in [0.05, 0.1) is 10.6 Å². The second-order valence-electron chi connectivity index (χ2n) is 3.44. The maximum atomic E-state index is 11.2. The Labute approximate surface area is 93.1 Å². The Morgan fingerprint density at radius 2 is 2.21 bits per heavy atom. The molecule has 2 nitrogen and oxygen atoms in total. The van der Waals surface area contributed by atoms with Crippen LogP contribution in [0.2, 0.25) is 0 Å². The lowest BCUT2D eigenvalue weighted by molar-refractivity contribution is 0.102. The summed E-state index contributed by atoms with van der Waals surface area (Å²) in [5, 5.41) is 1.67. The second-order valence-corrected chi connectivity index (χ2v) is 6.09. The molecule has 0 aliphatic heterocycles. The number of hydrogen-bond donors (Lipinski definition) is 0. The zero-order chi connectivity index (χ0) is 10.7. The van der Waals surface area contributed by atoms with Crippen LogP contribution in [0.25, 0.3) is 0 Å². The van der Waals surface area contributed by atoms with E-state index in [0.29, 0.717) is 5.25 Å². The summed E-state index contributed by atoms with van der Waals surface area (Å²) in [5.74, 6) is 1.04. The molecule has 1 heterocycles. The van der Waals surface area contributed by atoms with Gasteiger partial charge in [-0.05, 0) is 12.2 Å². The summed E-state index contributed by atoms with van der Waals surface area (Å²) in [7, 11) is 0. The van der Waals surface area contributed by atoms with Crippen LogP contribution >= 0.6 is 23.1 Å². The van der Waals surface area contributed by atoms with Crippen molar-refractivity contribution < 1.29 is 4.79 Å². The molecule has 1 aromatic heterocycles. The van der Waals surface area contributed by atoms with Crippen LogP contribution in [0.4, 0.5) is 0 Å². The molecule has 0 bridgehead atoms. The van der Waals surface area contributed by atoms with E-state index < -0.39 is 0 Å². The van der Waals surface area contributed by atoms with Crippen LogP contribution in [-0.2, 0) is 5.75 Å². The molecular formula is C10H15NOS2. The van der Waals surface area contributed by atoms with E-state index in [-0.39, 0.29) is 5.78 Å². The summed E-state index contributed by atoms with van der Waals surface area (Å²) in [6.07, 6.45) is 0. The normalized spacial score (nSPS) is 10.9. The van der Waals surface area contributed by atoms with E-state index in [0.717, 1.165) is 21.3 Å². The van der Waals surface area contributed by atoms with Crippen LogP contribution in [0, 0.1) is 6.92 Å². The molecule has 1 aromatic rings. The Bertz CT molecular complexity index is 331. The van der Waals surface area contributed by atoms with Crippen LogP contribution in [0.3, 0.4) is 0 Å². The first kappa shape index (κ1) is 11.7. The van der Waals surface area contributed by atoms with Gasteiger partial charge in [0, 0.05) is 12.7 Å². The molecule has 0 aliphatic carbocycles. The molecule has 0 N–H and O–H groups in total. The molecule has 78 valence electrons. The van der Waals surface area contributed by atoms with Crippen molar-refractivity contribution in [2.45, 2.75) is 38.7 Å². The number of carbonyl (C=O) groups excluding carboxylic acids is 1. The second kappa shape index (κ2) is 4.94. The van der Waals surface area contributed by atoms with E-state index in [1.54, 1.807) is 6.92 Å². The van der Waals surface area contributed by atoms with E-state index in [2.05, 4.69) is 18.8 Å². The minimum Gasteiger partial charge on any atom is -0.294 e. The van der Waals surface area contributed by atoms with Crippen LogP contribution in [0.1, 0.15) is 41.1 Å². The fourth-order valence-corrected chi connectivity index (χ4v) is 2.81. The third-order valence-electron chi connectivity index (χ3n) is 1.70. The number of thiazole rings is 1. The lowest BCUT2D eigenvalue weighted by atomic mass is 10.3. The Balaban J connectivity index is 2.71. The fourth-order valence-electron chi connectivity index (χ4n) is 1.08. The summed E-state index contributed by atoms with van der Waals surface area (Å²) >= 11 is 3.38. The lowest BCUT2D eigenvalue weighted by Gasteiger charge is -2.00. The molecule has 0 aromatic carbocycles. The molecule has 14 heavy (non-hydrogen) atoms. The maximum Gasteiger partial charge on any atom is 0.171 e. The van der Waals surface area contributed by atoms with E-state index in [9.17, 15) is 4.79 Å². The first-order chi connectivity index (χ1) is 6.50. The largest absolute Gasteiger partial charge is 0.294 e. The third-order valence-corrected chi connectivity index (χ3v) is 4.25. The molecule has 0 aliphatic rings. The van der Waals surface area contributed by atoms with E-state index in [1.807, 2.05) is 18.7 Å². The van der Waals surface area contributed by atoms with Crippen molar-refractivity contribution in [2.75, 3.05) is 0 Å². The number of rotatable bonds is 4. The van der Waals surface area contributed by atoms with Crippen LogP contribution in [-0.4, -0.2) is 16.0 Å². The summed E-state index contributed by atoms with van der Waals surface area (Å²) in [4.78, 5) is 16.4. The first-order valence-electron chi connectivity index (χ1n) is 4.59. The van der Waals surface area contributed by atoms with Gasteiger partial charge >= 0.3 is 0 Å². The van der Waals surface area contributed by atoms with Crippen molar-refractivity contribution >= 4 is 28.9 Å². The number of Topliss-reactive ketones (excluding diaryl/α,β-unsaturated/α-hetero) is 1. The molecule has 1 rings (SSSR count). The maximum absolute atomic E-state index is 11.2. The van der Waals surface area contributed by atoms with Crippen molar-refractivity contribution in [2.24, 2.45) is 0 Å². The molecule has 0 spiro atoms. The Morgan fingerprint density at radius 3 is 2.64 bits per heavy atom. The van der Waals surface area contributed by atoms with Crippen LogP contribution in [0.15, 0.2) is 0 Å². The molecule has 4 heteroatoms. The molecule has 0 unspecified atom stereocenters. The minimum absolute atomic E-state index is 0.126. The van der Waals surface area contributed by atoms with E-state index >= 15 is 0 Å². The van der Waals surface area contributed by atoms with Crippen molar-refractivity contribution in [3.05, 3.63) is 15.6 Å². The van der Waals surface area contributed by atoms with Crippen molar-refractivity contribution in [3.63, 3.8) is 0 Å². The van der Waals surface area contributed by atoms with Crippen LogP contribution < -0.4 is 0 Å². The summed E-state index contributed by atoms with van der Waals surface area (Å²) in [6.45, 7) is 7.82. The van der Waals surface area contributed by atoms with Gasteiger partial charge < -0.3 is 0 Å². The van der Waals surface area contributed by atoms with Gasteiger partial charge in [-0.1, -0.05) is 13.8 Å². The van der Waals surface area contributed by atoms with Gasteiger partial charge in [-0.25, -0.2) is 4.98 Å². The highest BCUT2D eigenvalue weighted by Gasteiger charge is 2.11. The minimum atomic E-state index is 0.126. The molecule has 0 amide bonds. The molecule has 0 atom stereocenters. The van der Waals surface area contributed by atoms with E-state index in [1.165, 1.54) is 11.3 Å². The number of aromatic nitrogens is 1. The Kier molecular flexibility index (Phi) is 4.13. The molecule has 0 radical (unpaired) electrons. The topological polar surface area (TPSA) is 30.0 Å². The summed E-state index contributed by atoms with van der Waals surface area (Å²) in [5.41, 5.74) is 0.877. The van der Waals surface area contributed by atoms with Gasteiger partial charge in [0.1, 0.15) is 5.01 Å². The van der Waals surface area contributed by atoms with Gasteiger partial charge in [-0.3, -0.25) is 4.79 Å². The predicted octanol–water partition coefficient (Wildman–Crippen LogP) is 3.30. The number of hydrogen-bond acceptors (Lipinski definition) is 4. The molecule has 0 fully saturated rings. The first-order valence-corrected chi connectivity index (χ1v) is 6.46. The molecular weight excluding hydrogens is 214 g/mol. The number of carbonyl (C=O) groups is 1. The lowest BCUT2D eigenvalue weighted by Crippen LogP contribution is -1.89. The highest BCUT2D eigenvalue weighted by atomic mass is 32.2. The van der Waals surface area contributed by atoms with Crippen molar-refractivity contribution in [3.8, 4) is 0 Å². The quantitative estimate of drug-likeness (QED) is 0.742. The third kappa shape index (κ3) is 3.10. The highest BCUT2D eigenvalue weighted by Crippen LogP contribution is 2.24. The van der Waals surface area contributed by atoms with Gasteiger partial charge in [0.15, 0.2) is 5.78 Å². The average molecular weight is 229 g/mol. The van der Waals surface area contributed by atoms with E-state index in [4.69, 9.17) is 0 Å². The van der Waals surface area contributed by atoms with Gasteiger partial charge in [0.2, 0.25) is 0 Å². The van der Waals surface area contributed by atoms with Crippen LogP contribution in [0.5, 0.6) is 0 Å². The van der Waals surface area contributed by atoms with Crippen molar-refractivity contribution in [1.29, 1.82) is 0 Å². The number of ketones is 1. The monoisotopic (exact) mass is 229 g/mol. The van der Waals surface area contributed by atoms with Gasteiger partial charge in [-0.15, -0.1) is 11.3 Å². The van der Waals surface area contributed by atoms with Crippen molar-refractivity contribution in [1.82, 2.24) is 4.98 Å². The molecule has 0 saturated heterocycles. The van der Waals surface area contributed by atoms with Gasteiger partial charge in [-0.2, -0.15) is 11.8 Å². The number of nitrogens with zero attached hydrogens (tertiary/aromatic N) is 1. The number of thioether (sulfide) groups is 1. The predicted molar refractivity (Wildman–Crippen MR) is 63.3 cm³/mol. The Hall–Kier alpha value is -0.350. The SMILES string of the molecule is CC(=O)c1sc(CSC(C)C)nc1C. The summed E-state index contributed by atoms with van der Waals surface area (Å²) < 4.78 is 0. The summed E-state index contributed by atoms with van der Waals surface area (Å²) in [6, 6.07) is 0. The standard InChI is InChI=1S/C10H15NOS2/c1-6(2)13-5-9-11-7(3)10(14-9)8(4)12/h6H,5H2,1-4H3. The highest BCUT2D eigenvalue weighted by molar-refractivity contribution is 7.99. The smallest absolute Gasteiger partial charge is 0.171 e.